The first kappa shape index (κ1) is 14.7. The van der Waals surface area contributed by atoms with Crippen molar-refractivity contribution >= 4 is 0 Å². The topological polar surface area (TPSA) is 47.7 Å². The molecule has 1 saturated heterocycles. The average molecular weight is 290 g/mol. The highest BCUT2D eigenvalue weighted by Crippen LogP contribution is 2.32. The Labute approximate surface area is 127 Å². The number of hydrogen-bond donors (Lipinski definition) is 1. The molecule has 0 spiro atoms. The van der Waals surface area contributed by atoms with Gasteiger partial charge in [0.2, 0.25) is 0 Å². The second kappa shape index (κ2) is 6.67. The number of benzene rings is 1. The second-order valence-electron chi connectivity index (χ2n) is 6.35. The lowest BCUT2D eigenvalue weighted by Crippen LogP contribution is -2.38. The molecule has 4 heteroatoms. The summed E-state index contributed by atoms with van der Waals surface area (Å²) in [5.41, 5.74) is 7.53. The summed E-state index contributed by atoms with van der Waals surface area (Å²) in [5, 5.41) is 0. The lowest BCUT2D eigenvalue weighted by molar-refractivity contribution is 0.183. The summed E-state index contributed by atoms with van der Waals surface area (Å²) in [6.45, 7) is 7.03. The van der Waals surface area contributed by atoms with E-state index in [2.05, 4.69) is 24.0 Å². The molecule has 1 aromatic carbocycles. The maximum atomic E-state index is 6.39. The van der Waals surface area contributed by atoms with E-state index in [4.69, 9.17) is 15.2 Å². The predicted molar refractivity (Wildman–Crippen MR) is 83.8 cm³/mol. The fraction of sp³-hybridized carbons (Fsp3) is 0.647. The SMILES string of the molecule is CC1CCN(CC(N)c2ccc3c(c2)OCCCO3)CC1. The van der Waals surface area contributed by atoms with E-state index in [-0.39, 0.29) is 6.04 Å². The summed E-state index contributed by atoms with van der Waals surface area (Å²) in [5.74, 6) is 2.54. The molecule has 2 heterocycles. The summed E-state index contributed by atoms with van der Waals surface area (Å²) in [4.78, 5) is 2.48. The Kier molecular flexibility index (Phi) is 4.66. The van der Waals surface area contributed by atoms with Crippen LogP contribution in [-0.4, -0.2) is 37.7 Å². The van der Waals surface area contributed by atoms with Crippen molar-refractivity contribution in [1.29, 1.82) is 0 Å². The molecule has 0 aliphatic carbocycles. The van der Waals surface area contributed by atoms with Crippen molar-refractivity contribution in [2.24, 2.45) is 11.7 Å². The van der Waals surface area contributed by atoms with Crippen LogP contribution in [0.1, 0.15) is 37.8 Å². The maximum Gasteiger partial charge on any atom is 0.161 e. The molecule has 0 aromatic heterocycles. The Morgan fingerprint density at radius 1 is 1.19 bits per heavy atom. The molecule has 2 N–H and O–H groups in total. The molecule has 21 heavy (non-hydrogen) atoms. The van der Waals surface area contributed by atoms with Gasteiger partial charge in [-0.05, 0) is 49.5 Å². The number of piperidine rings is 1. The number of fused-ring (bicyclic) bond motifs is 1. The van der Waals surface area contributed by atoms with Gasteiger partial charge in [0.05, 0.1) is 13.2 Å². The molecule has 0 amide bonds. The molecule has 116 valence electrons. The standard InChI is InChI=1S/C17H26N2O2/c1-13-5-7-19(8-6-13)12-15(18)14-3-4-16-17(11-14)21-10-2-9-20-16/h3-4,11,13,15H,2,5-10,12,18H2,1H3. The summed E-state index contributed by atoms with van der Waals surface area (Å²) < 4.78 is 11.4. The Bertz CT molecular complexity index is 470. The van der Waals surface area contributed by atoms with Crippen LogP contribution in [0.5, 0.6) is 11.5 Å². The molecule has 0 bridgehead atoms. The van der Waals surface area contributed by atoms with Crippen molar-refractivity contribution in [2.45, 2.75) is 32.2 Å². The quantitative estimate of drug-likeness (QED) is 0.929. The zero-order valence-electron chi connectivity index (χ0n) is 12.9. The van der Waals surface area contributed by atoms with Crippen molar-refractivity contribution < 1.29 is 9.47 Å². The first-order valence-electron chi connectivity index (χ1n) is 8.10. The second-order valence-corrected chi connectivity index (χ2v) is 6.35. The van der Waals surface area contributed by atoms with E-state index in [1.165, 1.54) is 25.9 Å². The van der Waals surface area contributed by atoms with Crippen LogP contribution < -0.4 is 15.2 Å². The van der Waals surface area contributed by atoms with Gasteiger partial charge in [-0.3, -0.25) is 0 Å². The Balaban J connectivity index is 1.64. The van der Waals surface area contributed by atoms with Crippen LogP contribution in [0.15, 0.2) is 18.2 Å². The minimum atomic E-state index is 0.0376. The first-order chi connectivity index (χ1) is 10.2. The molecule has 2 aliphatic heterocycles. The van der Waals surface area contributed by atoms with Gasteiger partial charge >= 0.3 is 0 Å². The Morgan fingerprint density at radius 3 is 2.67 bits per heavy atom. The highest BCUT2D eigenvalue weighted by atomic mass is 16.5. The van der Waals surface area contributed by atoms with Crippen molar-refractivity contribution in [3.63, 3.8) is 0 Å². The molecule has 3 rings (SSSR count). The van der Waals surface area contributed by atoms with Gasteiger partial charge in [-0.25, -0.2) is 0 Å². The van der Waals surface area contributed by atoms with Crippen molar-refractivity contribution in [3.8, 4) is 11.5 Å². The van der Waals surface area contributed by atoms with Gasteiger partial charge in [-0.2, -0.15) is 0 Å². The normalized spacial score (nSPS) is 21.8. The molecule has 2 aliphatic rings. The van der Waals surface area contributed by atoms with E-state index in [0.717, 1.165) is 49.2 Å². The zero-order valence-corrected chi connectivity index (χ0v) is 12.9. The summed E-state index contributed by atoms with van der Waals surface area (Å²) in [6, 6.07) is 6.16. The van der Waals surface area contributed by atoms with Crippen LogP contribution in [-0.2, 0) is 0 Å². The van der Waals surface area contributed by atoms with Crippen LogP contribution >= 0.6 is 0 Å². The molecule has 0 radical (unpaired) electrons. The largest absolute Gasteiger partial charge is 0.490 e. The molecule has 1 unspecified atom stereocenters. The lowest BCUT2D eigenvalue weighted by atomic mass is 9.98. The van der Waals surface area contributed by atoms with E-state index in [1.807, 2.05) is 6.07 Å². The Hall–Kier alpha value is -1.26. The van der Waals surface area contributed by atoms with E-state index < -0.39 is 0 Å². The van der Waals surface area contributed by atoms with Crippen LogP contribution in [0.4, 0.5) is 0 Å². The molecule has 4 nitrogen and oxygen atoms in total. The number of nitrogens with two attached hydrogens (primary N) is 1. The number of hydrogen-bond acceptors (Lipinski definition) is 4. The third kappa shape index (κ3) is 3.69. The number of ether oxygens (including phenoxy) is 2. The van der Waals surface area contributed by atoms with E-state index in [0.29, 0.717) is 0 Å². The van der Waals surface area contributed by atoms with Crippen molar-refractivity contribution in [2.75, 3.05) is 32.8 Å². The van der Waals surface area contributed by atoms with Gasteiger partial charge in [-0.1, -0.05) is 13.0 Å². The van der Waals surface area contributed by atoms with Crippen LogP contribution in [0.2, 0.25) is 0 Å². The van der Waals surface area contributed by atoms with Gasteiger partial charge in [0, 0.05) is 19.0 Å². The highest BCUT2D eigenvalue weighted by Gasteiger charge is 2.19. The number of nitrogens with zero attached hydrogens (tertiary/aromatic N) is 1. The third-order valence-corrected chi connectivity index (χ3v) is 4.53. The molecular weight excluding hydrogens is 264 g/mol. The lowest BCUT2D eigenvalue weighted by Gasteiger charge is -2.32. The highest BCUT2D eigenvalue weighted by molar-refractivity contribution is 5.44. The van der Waals surface area contributed by atoms with Gasteiger partial charge < -0.3 is 20.1 Å². The summed E-state index contributed by atoms with van der Waals surface area (Å²) >= 11 is 0. The minimum absolute atomic E-state index is 0.0376. The minimum Gasteiger partial charge on any atom is -0.490 e. The van der Waals surface area contributed by atoms with Gasteiger partial charge in [0.15, 0.2) is 11.5 Å². The number of likely N-dealkylation sites (tertiary alicyclic amines) is 1. The average Bonchev–Trinajstić information content (AvgIpc) is 2.74. The maximum absolute atomic E-state index is 6.39. The smallest absolute Gasteiger partial charge is 0.161 e. The van der Waals surface area contributed by atoms with Gasteiger partial charge in [-0.15, -0.1) is 0 Å². The third-order valence-electron chi connectivity index (χ3n) is 4.53. The van der Waals surface area contributed by atoms with E-state index in [9.17, 15) is 0 Å². The monoisotopic (exact) mass is 290 g/mol. The van der Waals surface area contributed by atoms with Crippen molar-refractivity contribution in [1.82, 2.24) is 4.90 Å². The Morgan fingerprint density at radius 2 is 1.90 bits per heavy atom. The number of rotatable bonds is 3. The fourth-order valence-electron chi connectivity index (χ4n) is 3.04. The molecule has 0 saturated carbocycles. The predicted octanol–water partition coefficient (Wildman–Crippen LogP) is 2.58. The van der Waals surface area contributed by atoms with Crippen LogP contribution in [0.25, 0.3) is 0 Å². The van der Waals surface area contributed by atoms with Crippen LogP contribution in [0.3, 0.4) is 0 Å². The van der Waals surface area contributed by atoms with E-state index in [1.54, 1.807) is 0 Å². The fourth-order valence-corrected chi connectivity index (χ4v) is 3.04. The molecule has 1 fully saturated rings. The first-order valence-corrected chi connectivity index (χ1v) is 8.10. The van der Waals surface area contributed by atoms with E-state index >= 15 is 0 Å². The summed E-state index contributed by atoms with van der Waals surface area (Å²) in [7, 11) is 0. The zero-order chi connectivity index (χ0) is 14.7. The van der Waals surface area contributed by atoms with Gasteiger partial charge in [0.1, 0.15) is 0 Å². The van der Waals surface area contributed by atoms with Crippen molar-refractivity contribution in [3.05, 3.63) is 23.8 Å². The van der Waals surface area contributed by atoms with Crippen LogP contribution in [0, 0.1) is 5.92 Å². The molecular formula is C17H26N2O2. The summed E-state index contributed by atoms with van der Waals surface area (Å²) in [6.07, 6.45) is 3.50. The molecule has 1 atom stereocenters. The molecule has 1 aromatic rings. The van der Waals surface area contributed by atoms with Gasteiger partial charge in [0.25, 0.3) is 0 Å².